The van der Waals surface area contributed by atoms with Crippen molar-refractivity contribution in [3.05, 3.63) is 28.9 Å². The Morgan fingerprint density at radius 3 is 2.60 bits per heavy atom. The quantitative estimate of drug-likeness (QED) is 0.531. The van der Waals surface area contributed by atoms with Crippen LogP contribution in [0.1, 0.15) is 6.42 Å². The van der Waals surface area contributed by atoms with Gasteiger partial charge >= 0.3 is 0 Å². The third kappa shape index (κ3) is 1.59. The molecule has 1 aliphatic carbocycles. The molecule has 0 heterocycles. The van der Waals surface area contributed by atoms with E-state index < -0.39 is 9.84 Å². The maximum Gasteiger partial charge on any atom is 0.175 e. The molecule has 1 aliphatic rings. The first-order valence-electron chi connectivity index (χ1n) is 2.92. The van der Waals surface area contributed by atoms with Crippen molar-refractivity contribution in [3.8, 4) is 0 Å². The molecule has 0 radical (unpaired) electrons. The Morgan fingerprint density at radius 2 is 2.30 bits per heavy atom. The van der Waals surface area contributed by atoms with Gasteiger partial charge in [0.15, 0.2) is 9.84 Å². The van der Waals surface area contributed by atoms with E-state index >= 15 is 0 Å². The molecule has 0 unspecified atom stereocenters. The summed E-state index contributed by atoms with van der Waals surface area (Å²) < 4.78 is 21.7. The number of sulfone groups is 1. The van der Waals surface area contributed by atoms with Crippen LogP contribution in [0.25, 0.3) is 0 Å². The van der Waals surface area contributed by atoms with Crippen molar-refractivity contribution in [1.82, 2.24) is 0 Å². The van der Waals surface area contributed by atoms with Crippen molar-refractivity contribution < 1.29 is 8.42 Å². The van der Waals surface area contributed by atoms with E-state index in [0.717, 1.165) is 0 Å². The van der Waals surface area contributed by atoms with Crippen molar-refractivity contribution in [2.24, 2.45) is 0 Å². The molecule has 0 saturated heterocycles. The topological polar surface area (TPSA) is 34.1 Å². The summed E-state index contributed by atoms with van der Waals surface area (Å²) in [5, 5.41) is 0. The second kappa shape index (κ2) is 2.45. The van der Waals surface area contributed by atoms with E-state index in [1.165, 1.54) is 12.3 Å². The molecule has 0 N–H and O–H groups in total. The van der Waals surface area contributed by atoms with Crippen LogP contribution in [0, 0.1) is 0 Å². The Morgan fingerprint density at radius 1 is 1.60 bits per heavy atom. The molecular formula is C7H8O2S. The summed E-state index contributed by atoms with van der Waals surface area (Å²) >= 11 is 0. The zero-order chi connectivity index (χ0) is 7.61. The third-order valence-corrected chi connectivity index (χ3v) is 2.35. The fourth-order valence-corrected chi connectivity index (χ4v) is 1.38. The van der Waals surface area contributed by atoms with E-state index in [1.54, 1.807) is 12.2 Å². The van der Waals surface area contributed by atoms with Gasteiger partial charge in [0.2, 0.25) is 0 Å². The molecule has 0 amide bonds. The smallest absolute Gasteiger partial charge is 0.175 e. The molecule has 10 heavy (non-hydrogen) atoms. The minimum absolute atomic E-state index is 0.370. The van der Waals surface area contributed by atoms with E-state index in [2.05, 4.69) is 5.73 Å². The predicted octanol–water partition coefficient (Wildman–Crippen LogP) is 1.03. The van der Waals surface area contributed by atoms with Gasteiger partial charge in [0, 0.05) is 6.26 Å². The molecule has 2 nitrogen and oxygen atoms in total. The van der Waals surface area contributed by atoms with E-state index in [4.69, 9.17) is 0 Å². The van der Waals surface area contributed by atoms with E-state index in [1.807, 2.05) is 0 Å². The molecule has 0 atom stereocenters. The summed E-state index contributed by atoms with van der Waals surface area (Å²) in [5.74, 6) is 0. The zero-order valence-corrected chi connectivity index (χ0v) is 6.48. The van der Waals surface area contributed by atoms with Gasteiger partial charge in [0.1, 0.15) is 0 Å². The molecule has 0 saturated carbocycles. The minimum Gasteiger partial charge on any atom is -0.224 e. The number of hydrogen-bond acceptors (Lipinski definition) is 2. The van der Waals surface area contributed by atoms with Crippen LogP contribution in [0.2, 0.25) is 0 Å². The highest BCUT2D eigenvalue weighted by Gasteiger charge is 2.07. The van der Waals surface area contributed by atoms with Crippen LogP contribution in [0.4, 0.5) is 0 Å². The molecule has 3 heteroatoms. The van der Waals surface area contributed by atoms with Crippen molar-refractivity contribution in [2.75, 3.05) is 6.26 Å². The summed E-state index contributed by atoms with van der Waals surface area (Å²) in [5.41, 5.74) is 2.74. The van der Waals surface area contributed by atoms with Gasteiger partial charge in [-0.2, -0.15) is 0 Å². The fraction of sp³-hybridized carbons (Fsp3) is 0.286. The summed E-state index contributed by atoms with van der Waals surface area (Å²) in [4.78, 5) is 0.370. The number of hydrogen-bond donors (Lipinski definition) is 0. The standard InChI is InChI=1S/C7H8O2S/c1-10(8,9)7-5-3-2-4-6-7/h2,5-6H,3H2,1H3. The normalized spacial score (nSPS) is 17.1. The van der Waals surface area contributed by atoms with Crippen LogP contribution in [-0.2, 0) is 9.84 Å². The molecule has 0 bridgehead atoms. The third-order valence-electron chi connectivity index (χ3n) is 1.21. The molecule has 0 spiro atoms. The number of rotatable bonds is 1. The SMILES string of the molecule is CS(=O)(=O)C1=CCC=C=C1. The average Bonchev–Trinajstić information content (AvgIpc) is 1.88. The minimum atomic E-state index is -3.00. The highest BCUT2D eigenvalue weighted by atomic mass is 32.2. The zero-order valence-electron chi connectivity index (χ0n) is 5.66. The Hall–Kier alpha value is -0.790. The first-order valence-corrected chi connectivity index (χ1v) is 4.81. The van der Waals surface area contributed by atoms with Gasteiger partial charge in [-0.25, -0.2) is 8.42 Å². The van der Waals surface area contributed by atoms with Gasteiger partial charge < -0.3 is 0 Å². The molecule has 0 aromatic carbocycles. The summed E-state index contributed by atoms with van der Waals surface area (Å²) in [6, 6.07) is 0. The van der Waals surface area contributed by atoms with Crippen molar-refractivity contribution in [1.29, 1.82) is 0 Å². The van der Waals surface area contributed by atoms with Crippen molar-refractivity contribution >= 4 is 9.84 Å². The Labute approximate surface area is 60.5 Å². The molecule has 0 fully saturated rings. The highest BCUT2D eigenvalue weighted by Crippen LogP contribution is 2.09. The van der Waals surface area contributed by atoms with Gasteiger partial charge in [-0.15, -0.1) is 5.73 Å². The van der Waals surface area contributed by atoms with Crippen LogP contribution in [-0.4, -0.2) is 14.7 Å². The first-order chi connectivity index (χ1) is 4.61. The average molecular weight is 156 g/mol. The Bertz CT molecular complexity index is 314. The molecular weight excluding hydrogens is 148 g/mol. The van der Waals surface area contributed by atoms with Gasteiger partial charge in [0.05, 0.1) is 4.91 Å². The Kier molecular flexibility index (Phi) is 1.79. The largest absolute Gasteiger partial charge is 0.224 e. The lowest BCUT2D eigenvalue weighted by atomic mass is 10.3. The fourth-order valence-electron chi connectivity index (χ4n) is 0.702. The summed E-state index contributed by atoms with van der Waals surface area (Å²) in [6.45, 7) is 0. The molecule has 0 aliphatic heterocycles. The first kappa shape index (κ1) is 7.32. The maximum atomic E-state index is 10.8. The molecule has 0 aromatic rings. The lowest BCUT2D eigenvalue weighted by molar-refractivity contribution is 0.608. The van der Waals surface area contributed by atoms with E-state index in [-0.39, 0.29) is 0 Å². The lowest BCUT2D eigenvalue weighted by Crippen LogP contribution is -1.98. The molecule has 54 valence electrons. The number of allylic oxidation sites excluding steroid dienone is 2. The summed E-state index contributed by atoms with van der Waals surface area (Å²) in [6.07, 6.45) is 6.81. The van der Waals surface area contributed by atoms with Gasteiger partial charge in [-0.05, 0) is 18.6 Å². The monoisotopic (exact) mass is 156 g/mol. The second-order valence-corrected chi connectivity index (χ2v) is 4.15. The van der Waals surface area contributed by atoms with Crippen molar-refractivity contribution in [3.63, 3.8) is 0 Å². The highest BCUT2D eigenvalue weighted by molar-refractivity contribution is 7.94. The van der Waals surface area contributed by atoms with Crippen molar-refractivity contribution in [2.45, 2.75) is 6.42 Å². The van der Waals surface area contributed by atoms with Crippen LogP contribution >= 0.6 is 0 Å². The van der Waals surface area contributed by atoms with Crippen LogP contribution in [0.5, 0.6) is 0 Å². The van der Waals surface area contributed by atoms with Gasteiger partial charge in [-0.3, -0.25) is 0 Å². The van der Waals surface area contributed by atoms with Gasteiger partial charge in [0.25, 0.3) is 0 Å². The Balaban J connectivity index is 3.08. The van der Waals surface area contributed by atoms with Gasteiger partial charge in [-0.1, -0.05) is 6.08 Å². The predicted molar refractivity (Wildman–Crippen MR) is 40.2 cm³/mol. The van der Waals surface area contributed by atoms with Crippen LogP contribution in [0.15, 0.2) is 28.9 Å². The van der Waals surface area contributed by atoms with Crippen LogP contribution < -0.4 is 0 Å². The molecule has 0 aromatic heterocycles. The molecule has 1 rings (SSSR count). The maximum absolute atomic E-state index is 10.8. The van der Waals surface area contributed by atoms with E-state index in [0.29, 0.717) is 11.3 Å². The summed E-state index contributed by atoms with van der Waals surface area (Å²) in [7, 11) is -3.00. The van der Waals surface area contributed by atoms with Crippen LogP contribution in [0.3, 0.4) is 0 Å². The van der Waals surface area contributed by atoms with E-state index in [9.17, 15) is 8.42 Å². The second-order valence-electron chi connectivity index (χ2n) is 2.13. The lowest BCUT2D eigenvalue weighted by Gasteiger charge is -1.97.